The van der Waals surface area contributed by atoms with E-state index in [-0.39, 0.29) is 30.6 Å². The van der Waals surface area contributed by atoms with E-state index in [1.54, 1.807) is 0 Å². The first-order chi connectivity index (χ1) is 13.3. The Hall–Kier alpha value is -2.59. The lowest BCUT2D eigenvalue weighted by molar-refractivity contribution is 0.125. The van der Waals surface area contributed by atoms with Crippen LogP contribution in [0.4, 0.5) is 4.79 Å². The van der Waals surface area contributed by atoms with E-state index in [2.05, 4.69) is 41.7 Å². The molecule has 5 rings (SSSR count). The van der Waals surface area contributed by atoms with Gasteiger partial charge in [-0.1, -0.05) is 60.7 Å². The van der Waals surface area contributed by atoms with Crippen LogP contribution < -0.4 is 5.32 Å². The number of carbonyl (C=O) groups is 1. The predicted octanol–water partition coefficient (Wildman–Crippen LogP) is 3.71. The highest BCUT2D eigenvalue weighted by Crippen LogP contribution is 2.45. The molecular formula is C23H23NO3. The molecule has 4 atom stereocenters. The lowest BCUT2D eigenvalue weighted by Crippen LogP contribution is -2.44. The van der Waals surface area contributed by atoms with E-state index in [1.807, 2.05) is 24.3 Å². The number of hydrogen-bond donors (Lipinski definition) is 2. The molecule has 0 heterocycles. The molecule has 3 aliphatic rings. The molecule has 2 aromatic rings. The minimum atomic E-state index is -0.388. The first kappa shape index (κ1) is 16.6. The number of ether oxygens (including phenoxy) is 1. The van der Waals surface area contributed by atoms with E-state index in [1.165, 1.54) is 22.3 Å². The number of fused-ring (bicyclic) bond motifs is 5. The van der Waals surface area contributed by atoms with Gasteiger partial charge in [0.05, 0.1) is 0 Å². The minimum Gasteiger partial charge on any atom is -0.449 e. The fourth-order valence-electron chi connectivity index (χ4n) is 5.16. The third-order valence-electron chi connectivity index (χ3n) is 6.46. The maximum atomic E-state index is 12.5. The van der Waals surface area contributed by atoms with Crippen LogP contribution in [0.1, 0.15) is 23.5 Å². The van der Waals surface area contributed by atoms with Gasteiger partial charge >= 0.3 is 6.09 Å². The van der Waals surface area contributed by atoms with E-state index in [9.17, 15) is 9.90 Å². The van der Waals surface area contributed by atoms with Crippen LogP contribution >= 0.6 is 0 Å². The third kappa shape index (κ3) is 2.67. The molecule has 0 radical (unpaired) electrons. The van der Waals surface area contributed by atoms with Gasteiger partial charge in [-0.3, -0.25) is 0 Å². The van der Waals surface area contributed by atoms with Gasteiger partial charge in [0, 0.05) is 24.5 Å². The molecule has 27 heavy (non-hydrogen) atoms. The molecule has 1 saturated carbocycles. The molecule has 0 spiro atoms. The molecule has 4 nitrogen and oxygen atoms in total. The van der Waals surface area contributed by atoms with Crippen LogP contribution in [-0.4, -0.2) is 30.5 Å². The van der Waals surface area contributed by atoms with Crippen LogP contribution in [0.15, 0.2) is 60.7 Å². The smallest absolute Gasteiger partial charge is 0.407 e. The summed E-state index contributed by atoms with van der Waals surface area (Å²) in [4.78, 5) is 12.5. The number of benzene rings is 2. The number of alkyl carbamates (subject to hydrolysis) is 1. The molecule has 2 N–H and O–H groups in total. The van der Waals surface area contributed by atoms with Crippen molar-refractivity contribution in [1.82, 2.24) is 5.32 Å². The van der Waals surface area contributed by atoms with Crippen molar-refractivity contribution in [3.05, 3.63) is 71.8 Å². The average molecular weight is 361 g/mol. The topological polar surface area (TPSA) is 58.6 Å². The second-order valence-corrected chi connectivity index (χ2v) is 7.79. The standard InChI is InChI=1S/C23H23NO3/c25-12-20-14-9-10-15(11-14)22(20)24-23(26)27-13-21-18-7-3-1-5-16(18)17-6-2-4-8-19(17)21/h1-10,14-15,20-22,25H,11-13H2,(H,24,26)/t14-,15+,20+,22-/m0/s1. The second-order valence-electron chi connectivity index (χ2n) is 7.79. The van der Waals surface area contributed by atoms with Crippen molar-refractivity contribution in [3.63, 3.8) is 0 Å². The molecule has 0 unspecified atom stereocenters. The average Bonchev–Trinajstić information content (AvgIpc) is 3.38. The van der Waals surface area contributed by atoms with Gasteiger partial charge in [-0.2, -0.15) is 0 Å². The summed E-state index contributed by atoms with van der Waals surface area (Å²) in [6, 6.07) is 16.6. The number of nitrogens with one attached hydrogen (secondary N) is 1. The molecule has 0 saturated heterocycles. The first-order valence-corrected chi connectivity index (χ1v) is 9.67. The van der Waals surface area contributed by atoms with Crippen LogP contribution in [0.5, 0.6) is 0 Å². The lowest BCUT2D eigenvalue weighted by Gasteiger charge is -2.27. The fourth-order valence-corrected chi connectivity index (χ4v) is 5.16. The van der Waals surface area contributed by atoms with Crippen LogP contribution in [0.2, 0.25) is 0 Å². The van der Waals surface area contributed by atoms with Crippen LogP contribution in [0.25, 0.3) is 11.1 Å². The molecule has 2 aromatic carbocycles. The fraction of sp³-hybridized carbons (Fsp3) is 0.348. The Morgan fingerprint density at radius 3 is 2.30 bits per heavy atom. The molecule has 2 bridgehead atoms. The lowest BCUT2D eigenvalue weighted by atomic mass is 9.90. The van der Waals surface area contributed by atoms with Crippen LogP contribution in [0.3, 0.4) is 0 Å². The van der Waals surface area contributed by atoms with Crippen molar-refractivity contribution >= 4 is 6.09 Å². The van der Waals surface area contributed by atoms with E-state index in [0.29, 0.717) is 18.4 Å². The van der Waals surface area contributed by atoms with Crippen molar-refractivity contribution in [3.8, 4) is 11.1 Å². The van der Waals surface area contributed by atoms with Gasteiger partial charge in [0.2, 0.25) is 0 Å². The van der Waals surface area contributed by atoms with Gasteiger partial charge in [0.1, 0.15) is 6.61 Å². The Kier molecular flexibility index (Phi) is 4.01. The molecule has 0 aromatic heterocycles. The summed E-state index contributed by atoms with van der Waals surface area (Å²) in [6.45, 7) is 0.417. The highest BCUT2D eigenvalue weighted by molar-refractivity contribution is 5.79. The zero-order chi connectivity index (χ0) is 18.4. The Morgan fingerprint density at radius 2 is 1.63 bits per heavy atom. The molecule has 0 aliphatic heterocycles. The molecular weight excluding hydrogens is 338 g/mol. The highest BCUT2D eigenvalue weighted by atomic mass is 16.5. The van der Waals surface area contributed by atoms with Crippen molar-refractivity contribution in [2.24, 2.45) is 17.8 Å². The summed E-state index contributed by atoms with van der Waals surface area (Å²) < 4.78 is 5.65. The summed E-state index contributed by atoms with van der Waals surface area (Å²) in [6.07, 6.45) is 4.95. The highest BCUT2D eigenvalue weighted by Gasteiger charge is 2.45. The van der Waals surface area contributed by atoms with Crippen molar-refractivity contribution in [2.75, 3.05) is 13.2 Å². The van der Waals surface area contributed by atoms with Crippen LogP contribution in [0, 0.1) is 17.8 Å². The van der Waals surface area contributed by atoms with E-state index in [0.717, 1.165) is 6.42 Å². The number of rotatable bonds is 4. The maximum absolute atomic E-state index is 12.5. The van der Waals surface area contributed by atoms with Gasteiger partial charge in [-0.05, 0) is 40.5 Å². The van der Waals surface area contributed by atoms with Gasteiger partial charge in [-0.25, -0.2) is 4.79 Å². The SMILES string of the molecule is O=C(N[C@@H]1[C@H](CO)[C@H]2C=C[C@@H]1C2)OCC1c2ccccc2-c2ccccc21. The van der Waals surface area contributed by atoms with Gasteiger partial charge in [0.15, 0.2) is 0 Å². The zero-order valence-corrected chi connectivity index (χ0v) is 15.0. The van der Waals surface area contributed by atoms with Crippen molar-refractivity contribution in [2.45, 2.75) is 18.4 Å². The Balaban J connectivity index is 1.29. The van der Waals surface area contributed by atoms with Gasteiger partial charge in [0.25, 0.3) is 0 Å². The summed E-state index contributed by atoms with van der Waals surface area (Å²) in [5.41, 5.74) is 4.87. The zero-order valence-electron chi connectivity index (χ0n) is 15.0. The van der Waals surface area contributed by atoms with E-state index in [4.69, 9.17) is 4.74 Å². The molecule has 1 fully saturated rings. The number of aliphatic hydroxyl groups is 1. The number of hydrogen-bond acceptors (Lipinski definition) is 3. The Bertz CT molecular complexity index is 861. The Morgan fingerprint density at radius 1 is 1.00 bits per heavy atom. The first-order valence-electron chi connectivity index (χ1n) is 9.67. The van der Waals surface area contributed by atoms with Gasteiger partial charge in [-0.15, -0.1) is 0 Å². The van der Waals surface area contributed by atoms with Crippen molar-refractivity contribution < 1.29 is 14.6 Å². The van der Waals surface area contributed by atoms with Crippen LogP contribution in [-0.2, 0) is 4.74 Å². The molecule has 1 amide bonds. The number of allylic oxidation sites excluding steroid dienone is 1. The minimum absolute atomic E-state index is 0.0272. The predicted molar refractivity (Wildman–Crippen MR) is 103 cm³/mol. The van der Waals surface area contributed by atoms with Crippen molar-refractivity contribution in [1.29, 1.82) is 0 Å². The summed E-state index contributed by atoms with van der Waals surface area (Å²) in [5, 5.41) is 12.7. The normalized spacial score (nSPS) is 27.4. The van der Waals surface area contributed by atoms with E-state index >= 15 is 0 Å². The van der Waals surface area contributed by atoms with E-state index < -0.39 is 0 Å². The number of amides is 1. The summed E-state index contributed by atoms with van der Waals surface area (Å²) in [5.74, 6) is 0.851. The number of aliphatic hydroxyl groups excluding tert-OH is 1. The Labute approximate surface area is 158 Å². The molecule has 3 aliphatic carbocycles. The largest absolute Gasteiger partial charge is 0.449 e. The van der Waals surface area contributed by atoms with Gasteiger partial charge < -0.3 is 15.2 Å². The summed E-state index contributed by atoms with van der Waals surface area (Å²) in [7, 11) is 0. The second kappa shape index (κ2) is 6.54. The number of carbonyl (C=O) groups excluding carboxylic acids is 1. The summed E-state index contributed by atoms with van der Waals surface area (Å²) >= 11 is 0. The molecule has 138 valence electrons. The maximum Gasteiger partial charge on any atom is 0.407 e. The monoisotopic (exact) mass is 361 g/mol. The molecule has 4 heteroatoms. The third-order valence-corrected chi connectivity index (χ3v) is 6.46. The quantitative estimate of drug-likeness (QED) is 0.816.